The van der Waals surface area contributed by atoms with Crippen LogP contribution in [0.15, 0.2) is 83.8 Å². The van der Waals surface area contributed by atoms with E-state index in [4.69, 9.17) is 0 Å². The highest BCUT2D eigenvalue weighted by atomic mass is 32.2. The van der Waals surface area contributed by atoms with E-state index in [0.29, 0.717) is 5.69 Å². The second-order valence-electron chi connectivity index (χ2n) is 9.90. The van der Waals surface area contributed by atoms with Crippen molar-refractivity contribution in [2.45, 2.75) is 51.0 Å². The largest absolute Gasteiger partial charge is 0.372 e. The highest BCUT2D eigenvalue weighted by Gasteiger charge is 2.27. The molecule has 0 aliphatic carbocycles. The van der Waals surface area contributed by atoms with Gasteiger partial charge in [0.25, 0.3) is 10.0 Å². The van der Waals surface area contributed by atoms with Crippen molar-refractivity contribution in [2.75, 3.05) is 28.8 Å². The normalized spacial score (nSPS) is 15.3. The molecule has 1 fully saturated rings. The van der Waals surface area contributed by atoms with Gasteiger partial charge in [0.2, 0.25) is 5.91 Å². The van der Waals surface area contributed by atoms with Gasteiger partial charge < -0.3 is 10.2 Å². The maximum atomic E-state index is 13.5. The number of sulfonamides is 1. The van der Waals surface area contributed by atoms with E-state index in [1.165, 1.54) is 22.8 Å². The number of nitrogens with one attached hydrogen (secondary N) is 1. The third-order valence-electron chi connectivity index (χ3n) is 7.17. The Morgan fingerprint density at radius 1 is 0.973 bits per heavy atom. The molecule has 0 bridgehead atoms. The summed E-state index contributed by atoms with van der Waals surface area (Å²) in [5.41, 5.74) is 3.74. The van der Waals surface area contributed by atoms with Gasteiger partial charge in [0.15, 0.2) is 0 Å². The summed E-state index contributed by atoms with van der Waals surface area (Å²) in [6, 6.07) is 23.6. The molecule has 1 heterocycles. The van der Waals surface area contributed by atoms with Crippen LogP contribution in [0.1, 0.15) is 50.8 Å². The molecule has 1 amide bonds. The van der Waals surface area contributed by atoms with E-state index in [9.17, 15) is 13.2 Å². The Morgan fingerprint density at radius 3 is 2.19 bits per heavy atom. The summed E-state index contributed by atoms with van der Waals surface area (Å²) in [5.74, 6) is 0.418. The predicted molar refractivity (Wildman–Crippen MR) is 150 cm³/mol. The minimum atomic E-state index is -3.92. The number of piperidine rings is 1. The Kier molecular flexibility index (Phi) is 8.54. The van der Waals surface area contributed by atoms with Gasteiger partial charge in [-0.3, -0.25) is 9.10 Å². The van der Waals surface area contributed by atoms with Crippen LogP contribution in [0.25, 0.3) is 0 Å². The maximum Gasteiger partial charge on any atom is 0.264 e. The highest BCUT2D eigenvalue weighted by Crippen LogP contribution is 2.26. The molecule has 0 aromatic heterocycles. The molecule has 1 N–H and O–H groups in total. The molecule has 3 aromatic rings. The average Bonchev–Trinajstić information content (AvgIpc) is 2.93. The van der Waals surface area contributed by atoms with Gasteiger partial charge >= 0.3 is 0 Å². The van der Waals surface area contributed by atoms with Gasteiger partial charge in [0, 0.05) is 18.8 Å². The first kappa shape index (κ1) is 26.7. The lowest BCUT2D eigenvalue weighted by molar-refractivity contribution is -0.120. The minimum absolute atomic E-state index is 0.151. The Bertz CT molecular complexity index is 1270. The summed E-state index contributed by atoms with van der Waals surface area (Å²) in [4.78, 5) is 15.7. The second kappa shape index (κ2) is 11.8. The van der Waals surface area contributed by atoms with Crippen LogP contribution in [0.5, 0.6) is 0 Å². The van der Waals surface area contributed by atoms with Crippen molar-refractivity contribution < 1.29 is 13.2 Å². The lowest BCUT2D eigenvalue weighted by atomic mass is 9.98. The summed E-state index contributed by atoms with van der Waals surface area (Å²) in [7, 11) is -3.92. The van der Waals surface area contributed by atoms with E-state index in [0.717, 1.165) is 36.6 Å². The zero-order valence-electron chi connectivity index (χ0n) is 21.9. The molecular formula is C30H37N3O3S. The number of aryl methyl sites for hydroxylation is 1. The first-order valence-corrected chi connectivity index (χ1v) is 14.5. The summed E-state index contributed by atoms with van der Waals surface area (Å²) in [6.45, 7) is 8.09. The highest BCUT2D eigenvalue weighted by molar-refractivity contribution is 7.92. The Labute approximate surface area is 221 Å². The number of benzene rings is 3. The quantitative estimate of drug-likeness (QED) is 0.402. The van der Waals surface area contributed by atoms with Crippen molar-refractivity contribution in [3.05, 3.63) is 90.0 Å². The SMILES string of the molecule is CCc1ccc(N(CC(=O)NC(C)c2ccc(N3CCC(C)CC3)cc2)S(=O)(=O)c2ccccc2)cc1. The first-order chi connectivity index (χ1) is 17.8. The van der Waals surface area contributed by atoms with Crippen LogP contribution >= 0.6 is 0 Å². The number of hydrogen-bond donors (Lipinski definition) is 1. The third kappa shape index (κ3) is 6.52. The standard InChI is InChI=1S/C30H37N3O3S/c1-4-25-10-14-28(15-11-25)33(37(35,36)29-8-6-5-7-9-29)22-30(34)31-24(3)26-12-16-27(17-13-26)32-20-18-23(2)19-21-32/h5-17,23-24H,4,18-22H2,1-3H3,(H,31,34). The summed E-state index contributed by atoms with van der Waals surface area (Å²) in [5, 5.41) is 2.99. The smallest absolute Gasteiger partial charge is 0.264 e. The molecule has 7 heteroatoms. The number of rotatable bonds is 9. The van der Waals surface area contributed by atoms with Gasteiger partial charge in [-0.25, -0.2) is 8.42 Å². The fraction of sp³-hybridized carbons (Fsp3) is 0.367. The monoisotopic (exact) mass is 519 g/mol. The average molecular weight is 520 g/mol. The molecule has 0 saturated carbocycles. The van der Waals surface area contributed by atoms with Gasteiger partial charge in [-0.1, -0.05) is 56.3 Å². The van der Waals surface area contributed by atoms with Gasteiger partial charge in [-0.2, -0.15) is 0 Å². The molecular weight excluding hydrogens is 482 g/mol. The van der Waals surface area contributed by atoms with Crippen molar-refractivity contribution in [2.24, 2.45) is 5.92 Å². The number of carbonyl (C=O) groups excluding carboxylic acids is 1. The zero-order chi connectivity index (χ0) is 26.4. The first-order valence-electron chi connectivity index (χ1n) is 13.1. The number of nitrogens with zero attached hydrogens (tertiary/aromatic N) is 2. The van der Waals surface area contributed by atoms with E-state index < -0.39 is 10.0 Å². The van der Waals surface area contributed by atoms with Gasteiger partial charge in [-0.05, 0) is 79.6 Å². The lowest BCUT2D eigenvalue weighted by Crippen LogP contribution is -2.41. The molecule has 6 nitrogen and oxygen atoms in total. The van der Waals surface area contributed by atoms with E-state index in [2.05, 4.69) is 29.3 Å². The van der Waals surface area contributed by atoms with E-state index in [1.807, 2.05) is 38.1 Å². The van der Waals surface area contributed by atoms with Crippen molar-refractivity contribution in [1.82, 2.24) is 5.32 Å². The molecule has 1 unspecified atom stereocenters. The van der Waals surface area contributed by atoms with Crippen molar-refractivity contribution >= 4 is 27.3 Å². The molecule has 0 spiro atoms. The zero-order valence-corrected chi connectivity index (χ0v) is 22.7. The summed E-state index contributed by atoms with van der Waals surface area (Å²) in [6.07, 6.45) is 3.26. The molecule has 1 aliphatic heterocycles. The van der Waals surface area contributed by atoms with Crippen molar-refractivity contribution in [3.8, 4) is 0 Å². The number of hydrogen-bond acceptors (Lipinski definition) is 4. The van der Waals surface area contributed by atoms with Gasteiger partial charge in [0.1, 0.15) is 6.54 Å². The number of amides is 1. The van der Waals surface area contributed by atoms with E-state index in [-0.39, 0.29) is 23.4 Å². The Morgan fingerprint density at radius 2 is 1.59 bits per heavy atom. The van der Waals surface area contributed by atoms with Crippen molar-refractivity contribution in [1.29, 1.82) is 0 Å². The molecule has 1 saturated heterocycles. The third-order valence-corrected chi connectivity index (χ3v) is 8.96. The fourth-order valence-corrected chi connectivity index (χ4v) is 6.12. The van der Waals surface area contributed by atoms with Crippen LogP contribution in [0.3, 0.4) is 0 Å². The number of carbonyl (C=O) groups is 1. The molecule has 1 aliphatic rings. The van der Waals surface area contributed by atoms with Gasteiger partial charge in [-0.15, -0.1) is 0 Å². The van der Waals surface area contributed by atoms with Crippen LogP contribution in [-0.2, 0) is 21.2 Å². The minimum Gasteiger partial charge on any atom is -0.372 e. The maximum absolute atomic E-state index is 13.5. The second-order valence-corrected chi connectivity index (χ2v) is 11.8. The van der Waals surface area contributed by atoms with Crippen LogP contribution in [0.2, 0.25) is 0 Å². The Hall–Kier alpha value is -3.32. The topological polar surface area (TPSA) is 69.7 Å². The van der Waals surface area contributed by atoms with Gasteiger partial charge in [0.05, 0.1) is 16.6 Å². The fourth-order valence-electron chi connectivity index (χ4n) is 4.67. The van der Waals surface area contributed by atoms with Crippen molar-refractivity contribution in [3.63, 3.8) is 0 Å². The molecule has 37 heavy (non-hydrogen) atoms. The van der Waals surface area contributed by atoms with Crippen LogP contribution in [-0.4, -0.2) is 34.0 Å². The lowest BCUT2D eigenvalue weighted by Gasteiger charge is -2.32. The Balaban J connectivity index is 1.48. The molecule has 3 aromatic carbocycles. The summed E-state index contributed by atoms with van der Waals surface area (Å²) < 4.78 is 28.2. The molecule has 1 atom stereocenters. The van der Waals surface area contributed by atoms with Crippen LogP contribution in [0.4, 0.5) is 11.4 Å². The van der Waals surface area contributed by atoms with E-state index >= 15 is 0 Å². The van der Waals surface area contributed by atoms with Crippen LogP contribution < -0.4 is 14.5 Å². The predicted octanol–water partition coefficient (Wildman–Crippen LogP) is 5.56. The molecule has 0 radical (unpaired) electrons. The molecule has 196 valence electrons. The van der Waals surface area contributed by atoms with Crippen LogP contribution in [0, 0.1) is 5.92 Å². The number of anilines is 2. The summed E-state index contributed by atoms with van der Waals surface area (Å²) >= 11 is 0. The van der Waals surface area contributed by atoms with E-state index in [1.54, 1.807) is 42.5 Å². The molecule has 4 rings (SSSR count).